The van der Waals surface area contributed by atoms with Crippen LogP contribution < -0.4 is 9.80 Å². The van der Waals surface area contributed by atoms with E-state index in [-0.39, 0.29) is 0 Å². The van der Waals surface area contributed by atoms with Crippen molar-refractivity contribution in [3.05, 3.63) is 285 Å². The SMILES string of the molecule is c1ccc(-c2ccc(N(c3ccc(-c4ccccc4)cc3)c3ccc(-c4ccc(-c5ccc(N(c6ccccc6)c6ccc(-n7c8ccccc8c8ccccc87)cc6)cc5)cc4)cc3)cc2)cc1. The Morgan fingerprint density at radius 3 is 0.754 bits per heavy atom. The minimum absolute atomic E-state index is 1.10. The zero-order chi connectivity index (χ0) is 45.9. The zero-order valence-corrected chi connectivity index (χ0v) is 38.0. The molecule has 0 spiro atoms. The van der Waals surface area contributed by atoms with E-state index in [9.17, 15) is 0 Å². The highest BCUT2D eigenvalue weighted by atomic mass is 15.1. The Balaban J connectivity index is 0.803. The minimum atomic E-state index is 1.10. The molecule has 12 aromatic rings. The Morgan fingerprint density at radius 1 is 0.188 bits per heavy atom. The van der Waals surface area contributed by atoms with E-state index >= 15 is 0 Å². The Hall–Kier alpha value is -9.18. The molecule has 0 radical (unpaired) electrons. The summed E-state index contributed by atoms with van der Waals surface area (Å²) in [6.07, 6.45) is 0. The first-order chi connectivity index (χ1) is 34.2. The highest BCUT2D eigenvalue weighted by Gasteiger charge is 2.17. The molecule has 11 aromatic carbocycles. The number of nitrogens with zero attached hydrogens (tertiary/aromatic N) is 3. The topological polar surface area (TPSA) is 11.4 Å². The summed E-state index contributed by atoms with van der Waals surface area (Å²) >= 11 is 0. The van der Waals surface area contributed by atoms with Gasteiger partial charge in [-0.15, -0.1) is 0 Å². The van der Waals surface area contributed by atoms with Crippen molar-refractivity contribution in [2.24, 2.45) is 0 Å². The average Bonchev–Trinajstić information content (AvgIpc) is 3.77. The van der Waals surface area contributed by atoms with Crippen molar-refractivity contribution in [2.45, 2.75) is 0 Å². The van der Waals surface area contributed by atoms with Crippen LogP contribution in [0.4, 0.5) is 34.1 Å². The molecule has 0 aliphatic rings. The van der Waals surface area contributed by atoms with Gasteiger partial charge in [-0.25, -0.2) is 0 Å². The predicted octanol–water partition coefficient (Wildman–Crippen LogP) is 18.4. The number of rotatable bonds is 11. The molecule has 12 rings (SSSR count). The summed E-state index contributed by atoms with van der Waals surface area (Å²) in [5, 5.41) is 2.52. The van der Waals surface area contributed by atoms with Crippen LogP contribution in [-0.4, -0.2) is 4.57 Å². The van der Waals surface area contributed by atoms with Crippen molar-refractivity contribution < 1.29 is 0 Å². The standard InChI is InChI=1S/C66H47N3/c1-4-14-48(15-5-1)52-28-36-58(37-29-52)68(59-38-30-53(31-39-59)49-16-6-2-7-17-49)60-42-34-55(35-43-60)51-26-24-50(25-27-51)54-32-40-57(41-33-54)67(56-18-8-3-9-19-56)61-44-46-62(47-45-61)69-65-22-12-10-20-63(65)64-21-11-13-23-66(64)69/h1-47H. The van der Waals surface area contributed by atoms with E-state index in [1.807, 2.05) is 0 Å². The van der Waals surface area contributed by atoms with Crippen LogP contribution in [0.1, 0.15) is 0 Å². The molecule has 0 fully saturated rings. The highest BCUT2D eigenvalue weighted by Crippen LogP contribution is 2.40. The molecule has 0 saturated heterocycles. The number of anilines is 6. The van der Waals surface area contributed by atoms with Crippen molar-refractivity contribution in [3.8, 4) is 50.2 Å². The van der Waals surface area contributed by atoms with Crippen LogP contribution in [-0.2, 0) is 0 Å². The third kappa shape index (κ3) is 8.13. The molecule has 0 N–H and O–H groups in total. The smallest absolute Gasteiger partial charge is 0.0541 e. The summed E-state index contributed by atoms with van der Waals surface area (Å²) < 4.78 is 2.37. The average molecular weight is 882 g/mol. The maximum absolute atomic E-state index is 2.37. The lowest BCUT2D eigenvalue weighted by Gasteiger charge is -2.26. The summed E-state index contributed by atoms with van der Waals surface area (Å²) in [7, 11) is 0. The van der Waals surface area contributed by atoms with E-state index in [2.05, 4.69) is 299 Å². The summed E-state index contributed by atoms with van der Waals surface area (Å²) in [5.74, 6) is 0. The van der Waals surface area contributed by atoms with Gasteiger partial charge in [-0.3, -0.25) is 0 Å². The van der Waals surface area contributed by atoms with Crippen molar-refractivity contribution >= 4 is 55.9 Å². The van der Waals surface area contributed by atoms with Gasteiger partial charge < -0.3 is 14.4 Å². The first-order valence-corrected chi connectivity index (χ1v) is 23.6. The van der Waals surface area contributed by atoms with Gasteiger partial charge in [-0.1, -0.05) is 188 Å². The van der Waals surface area contributed by atoms with E-state index in [1.165, 1.54) is 66.3 Å². The molecule has 0 amide bonds. The second-order valence-electron chi connectivity index (χ2n) is 17.4. The van der Waals surface area contributed by atoms with Gasteiger partial charge in [-0.2, -0.15) is 0 Å². The van der Waals surface area contributed by atoms with E-state index in [0.717, 1.165) is 39.8 Å². The quantitative estimate of drug-likeness (QED) is 0.128. The van der Waals surface area contributed by atoms with Gasteiger partial charge >= 0.3 is 0 Å². The first kappa shape index (κ1) is 41.3. The van der Waals surface area contributed by atoms with Crippen LogP contribution in [0.2, 0.25) is 0 Å². The van der Waals surface area contributed by atoms with Gasteiger partial charge in [0.2, 0.25) is 0 Å². The third-order valence-electron chi connectivity index (χ3n) is 13.2. The molecule has 1 heterocycles. The number of hydrogen-bond acceptors (Lipinski definition) is 2. The molecular formula is C66H47N3. The fraction of sp³-hybridized carbons (Fsp3) is 0. The van der Waals surface area contributed by atoms with Gasteiger partial charge in [0, 0.05) is 50.6 Å². The molecular weight excluding hydrogens is 835 g/mol. The Labute approximate surface area is 403 Å². The lowest BCUT2D eigenvalue weighted by molar-refractivity contribution is 1.17. The van der Waals surface area contributed by atoms with Crippen molar-refractivity contribution in [2.75, 3.05) is 9.80 Å². The molecule has 326 valence electrons. The summed E-state index contributed by atoms with van der Waals surface area (Å²) in [6.45, 7) is 0. The lowest BCUT2D eigenvalue weighted by Crippen LogP contribution is -2.10. The Morgan fingerprint density at radius 2 is 0.420 bits per heavy atom. The number of benzene rings is 11. The third-order valence-corrected chi connectivity index (χ3v) is 13.2. The van der Waals surface area contributed by atoms with E-state index < -0.39 is 0 Å². The van der Waals surface area contributed by atoms with Gasteiger partial charge in [0.1, 0.15) is 0 Å². The van der Waals surface area contributed by atoms with Crippen molar-refractivity contribution in [1.82, 2.24) is 4.57 Å². The van der Waals surface area contributed by atoms with Crippen LogP contribution in [0.3, 0.4) is 0 Å². The molecule has 69 heavy (non-hydrogen) atoms. The number of para-hydroxylation sites is 3. The van der Waals surface area contributed by atoms with E-state index in [0.29, 0.717) is 0 Å². The fourth-order valence-electron chi connectivity index (χ4n) is 9.75. The first-order valence-electron chi connectivity index (χ1n) is 23.6. The Kier molecular flexibility index (Phi) is 10.9. The van der Waals surface area contributed by atoms with Gasteiger partial charge in [0.05, 0.1) is 11.0 Å². The lowest BCUT2D eigenvalue weighted by atomic mass is 9.99. The molecule has 0 saturated carbocycles. The number of aromatic nitrogens is 1. The van der Waals surface area contributed by atoms with Crippen LogP contribution in [0, 0.1) is 0 Å². The maximum Gasteiger partial charge on any atom is 0.0541 e. The van der Waals surface area contributed by atoms with Crippen LogP contribution >= 0.6 is 0 Å². The molecule has 1 aromatic heterocycles. The van der Waals surface area contributed by atoms with Gasteiger partial charge in [-0.05, 0) is 142 Å². The fourth-order valence-corrected chi connectivity index (χ4v) is 9.75. The minimum Gasteiger partial charge on any atom is -0.311 e. The number of fused-ring (bicyclic) bond motifs is 3. The second-order valence-corrected chi connectivity index (χ2v) is 17.4. The van der Waals surface area contributed by atoms with E-state index in [1.54, 1.807) is 0 Å². The monoisotopic (exact) mass is 881 g/mol. The molecule has 0 aliphatic carbocycles. The summed E-state index contributed by atoms with van der Waals surface area (Å²) in [5.41, 5.74) is 19.6. The highest BCUT2D eigenvalue weighted by molar-refractivity contribution is 6.09. The molecule has 0 bridgehead atoms. The maximum atomic E-state index is 2.37. The van der Waals surface area contributed by atoms with Gasteiger partial charge in [0.25, 0.3) is 0 Å². The van der Waals surface area contributed by atoms with Crippen LogP contribution in [0.25, 0.3) is 72.0 Å². The van der Waals surface area contributed by atoms with Crippen LogP contribution in [0.15, 0.2) is 285 Å². The van der Waals surface area contributed by atoms with E-state index in [4.69, 9.17) is 0 Å². The normalized spacial score (nSPS) is 11.2. The molecule has 0 atom stereocenters. The Bertz CT molecular complexity index is 3500. The summed E-state index contributed by atoms with van der Waals surface area (Å²) in [4.78, 5) is 4.66. The second kappa shape index (κ2) is 18.2. The van der Waals surface area contributed by atoms with Gasteiger partial charge in [0.15, 0.2) is 0 Å². The van der Waals surface area contributed by atoms with Crippen molar-refractivity contribution in [3.63, 3.8) is 0 Å². The molecule has 0 unspecified atom stereocenters. The van der Waals surface area contributed by atoms with Crippen molar-refractivity contribution in [1.29, 1.82) is 0 Å². The molecule has 3 nitrogen and oxygen atoms in total. The predicted molar refractivity (Wildman–Crippen MR) is 292 cm³/mol. The molecule has 3 heteroatoms. The zero-order valence-electron chi connectivity index (χ0n) is 38.0. The number of hydrogen-bond donors (Lipinski definition) is 0. The van der Waals surface area contributed by atoms with Crippen LogP contribution in [0.5, 0.6) is 0 Å². The molecule has 0 aliphatic heterocycles. The largest absolute Gasteiger partial charge is 0.311 e. The summed E-state index contributed by atoms with van der Waals surface area (Å²) in [6, 6.07) is 102.